The van der Waals surface area contributed by atoms with E-state index in [2.05, 4.69) is 15.0 Å². The van der Waals surface area contributed by atoms with E-state index in [0.29, 0.717) is 35.9 Å². The molecule has 138 valence electrons. The van der Waals surface area contributed by atoms with Gasteiger partial charge in [-0.1, -0.05) is 23.7 Å². The lowest BCUT2D eigenvalue weighted by molar-refractivity contribution is -0.137. The van der Waals surface area contributed by atoms with Crippen molar-refractivity contribution < 1.29 is 17.9 Å². The van der Waals surface area contributed by atoms with Gasteiger partial charge in [-0.2, -0.15) is 17.6 Å². The number of para-hydroxylation sites is 1. The zero-order valence-electron chi connectivity index (χ0n) is 13.7. The summed E-state index contributed by atoms with van der Waals surface area (Å²) >= 11 is 7.43. The Balaban J connectivity index is 1.97. The van der Waals surface area contributed by atoms with Gasteiger partial charge in [-0.05, 0) is 24.3 Å². The molecular formula is C17H15ClF3N3OS. The average molecular weight is 402 g/mol. The molecule has 0 atom stereocenters. The number of nitrogens with one attached hydrogen (secondary N) is 2. The van der Waals surface area contributed by atoms with E-state index in [-0.39, 0.29) is 5.02 Å². The maximum atomic E-state index is 13.1. The second-order valence-corrected chi connectivity index (χ2v) is 6.66. The van der Waals surface area contributed by atoms with Crippen molar-refractivity contribution >= 4 is 35.2 Å². The van der Waals surface area contributed by atoms with Crippen molar-refractivity contribution in [3.05, 3.63) is 47.0 Å². The van der Waals surface area contributed by atoms with E-state index >= 15 is 0 Å². The molecule has 0 radical (unpaired) electrons. The number of hydrogen-bond donors (Lipinski definition) is 2. The molecule has 0 fully saturated rings. The average Bonchev–Trinajstić information content (AvgIpc) is 2.61. The van der Waals surface area contributed by atoms with Crippen LogP contribution in [0.15, 0.2) is 45.7 Å². The van der Waals surface area contributed by atoms with Crippen LogP contribution in [-0.4, -0.2) is 26.2 Å². The first-order valence-corrected chi connectivity index (χ1v) is 8.80. The first-order valence-electron chi connectivity index (χ1n) is 7.65. The van der Waals surface area contributed by atoms with Crippen molar-refractivity contribution in [2.24, 2.45) is 4.40 Å². The first-order chi connectivity index (χ1) is 12.4. The van der Waals surface area contributed by atoms with E-state index in [4.69, 9.17) is 16.3 Å². The maximum Gasteiger partial charge on any atom is 0.416 e. The van der Waals surface area contributed by atoms with Gasteiger partial charge in [0.15, 0.2) is 0 Å². The lowest BCUT2D eigenvalue weighted by Gasteiger charge is -2.22. The first kappa shape index (κ1) is 18.9. The van der Waals surface area contributed by atoms with E-state index in [1.165, 1.54) is 18.0 Å². The molecule has 26 heavy (non-hydrogen) atoms. The van der Waals surface area contributed by atoms with Gasteiger partial charge in [-0.25, -0.2) is 0 Å². The number of alkyl halides is 3. The third-order valence-corrected chi connectivity index (χ3v) is 4.83. The summed E-state index contributed by atoms with van der Waals surface area (Å²) in [5.74, 6) is 0.509. The van der Waals surface area contributed by atoms with E-state index in [1.54, 1.807) is 19.2 Å². The van der Waals surface area contributed by atoms with Gasteiger partial charge in [0.1, 0.15) is 0 Å². The van der Waals surface area contributed by atoms with E-state index in [0.717, 1.165) is 17.0 Å². The summed E-state index contributed by atoms with van der Waals surface area (Å²) in [6.07, 6.45) is -4.44. The zero-order valence-corrected chi connectivity index (χ0v) is 15.2. The summed E-state index contributed by atoms with van der Waals surface area (Å²) in [6, 6.07) is 8.63. The number of ether oxygens (including phenoxy) is 1. The Morgan fingerprint density at radius 3 is 2.77 bits per heavy atom. The zero-order chi connectivity index (χ0) is 18.7. The minimum absolute atomic E-state index is 0.245. The van der Waals surface area contributed by atoms with Gasteiger partial charge in [0.05, 0.1) is 22.8 Å². The Hall–Kier alpha value is -1.90. The summed E-state index contributed by atoms with van der Waals surface area (Å²) in [5.41, 5.74) is 0.801. The predicted molar refractivity (Wildman–Crippen MR) is 98.7 cm³/mol. The van der Waals surface area contributed by atoms with E-state index < -0.39 is 11.7 Å². The van der Waals surface area contributed by atoms with Gasteiger partial charge < -0.3 is 15.4 Å². The molecule has 0 aromatic heterocycles. The molecule has 0 spiro atoms. The van der Waals surface area contributed by atoms with Crippen LogP contribution in [-0.2, 0) is 10.9 Å². The van der Waals surface area contributed by atoms with Crippen molar-refractivity contribution in [2.75, 3.05) is 25.6 Å². The van der Waals surface area contributed by atoms with Crippen LogP contribution in [0.4, 0.5) is 18.9 Å². The van der Waals surface area contributed by atoms with Crippen LogP contribution in [0.25, 0.3) is 11.1 Å². The molecule has 0 saturated heterocycles. The summed E-state index contributed by atoms with van der Waals surface area (Å²) in [4.78, 5) is 0.799. The molecule has 0 unspecified atom stereocenters. The standard InChI is InChI=1S/C17H15ClF3N3OS/c1-25-8-7-22-16-23-15-11(3-2-4-14(15)26-24-16)12-9-10(17(19,20)21)5-6-13(12)18/h2-6,9H,7-8H2,1H3,(H2,22,23,24). The van der Waals surface area contributed by atoms with Crippen molar-refractivity contribution in [3.8, 4) is 11.1 Å². The van der Waals surface area contributed by atoms with Gasteiger partial charge in [-0.3, -0.25) is 0 Å². The van der Waals surface area contributed by atoms with Crippen LogP contribution in [0, 0.1) is 0 Å². The van der Waals surface area contributed by atoms with Crippen LogP contribution in [0.3, 0.4) is 0 Å². The quantitative estimate of drug-likeness (QED) is 0.556. The number of guanidine groups is 1. The number of nitrogens with zero attached hydrogens (tertiary/aromatic N) is 1. The largest absolute Gasteiger partial charge is 0.416 e. The summed E-state index contributed by atoms with van der Waals surface area (Å²) in [7, 11) is 1.59. The van der Waals surface area contributed by atoms with Crippen LogP contribution >= 0.6 is 23.5 Å². The van der Waals surface area contributed by atoms with Crippen LogP contribution in [0.1, 0.15) is 5.56 Å². The highest BCUT2D eigenvalue weighted by Crippen LogP contribution is 2.43. The monoisotopic (exact) mass is 401 g/mol. The molecule has 2 N–H and O–H groups in total. The molecule has 1 aliphatic rings. The minimum Gasteiger partial charge on any atom is -0.383 e. The van der Waals surface area contributed by atoms with Crippen molar-refractivity contribution in [3.63, 3.8) is 0 Å². The highest BCUT2D eigenvalue weighted by molar-refractivity contribution is 7.98. The Kier molecular flexibility index (Phi) is 5.64. The van der Waals surface area contributed by atoms with Gasteiger partial charge in [-0.15, -0.1) is 0 Å². The maximum absolute atomic E-state index is 13.1. The second kappa shape index (κ2) is 7.77. The Labute approximate surface area is 157 Å². The molecule has 2 aromatic carbocycles. The number of benzene rings is 2. The molecule has 2 aromatic rings. The smallest absolute Gasteiger partial charge is 0.383 e. The fourth-order valence-electron chi connectivity index (χ4n) is 2.45. The SMILES string of the molecule is COCCNC1=NSc2cccc(-c3cc(C(F)(F)F)ccc3Cl)c2N1. The van der Waals surface area contributed by atoms with Gasteiger partial charge in [0, 0.05) is 41.8 Å². The van der Waals surface area contributed by atoms with Crippen LogP contribution in [0.2, 0.25) is 5.02 Å². The Morgan fingerprint density at radius 1 is 1.23 bits per heavy atom. The number of hydrogen-bond acceptors (Lipinski definition) is 5. The predicted octanol–water partition coefficient (Wildman–Crippen LogP) is 5.05. The molecular weight excluding hydrogens is 387 g/mol. The Morgan fingerprint density at radius 2 is 2.04 bits per heavy atom. The van der Waals surface area contributed by atoms with Crippen molar-refractivity contribution in [1.82, 2.24) is 5.32 Å². The third-order valence-electron chi connectivity index (χ3n) is 3.69. The van der Waals surface area contributed by atoms with Crippen molar-refractivity contribution in [2.45, 2.75) is 11.1 Å². The minimum atomic E-state index is -4.44. The van der Waals surface area contributed by atoms with Crippen molar-refractivity contribution in [1.29, 1.82) is 0 Å². The highest BCUT2D eigenvalue weighted by Gasteiger charge is 2.31. The number of halogens is 4. The fraction of sp³-hybridized carbons (Fsp3) is 0.235. The molecule has 1 heterocycles. The van der Waals surface area contributed by atoms with Gasteiger partial charge in [0.2, 0.25) is 5.96 Å². The lowest BCUT2D eigenvalue weighted by atomic mass is 10.0. The van der Waals surface area contributed by atoms with Gasteiger partial charge in [0.25, 0.3) is 0 Å². The fourth-order valence-corrected chi connectivity index (χ4v) is 3.36. The molecule has 1 aliphatic heterocycles. The third kappa shape index (κ3) is 4.08. The van der Waals surface area contributed by atoms with E-state index in [1.807, 2.05) is 6.07 Å². The van der Waals surface area contributed by atoms with Crippen LogP contribution in [0.5, 0.6) is 0 Å². The Bertz CT molecular complexity index is 842. The van der Waals surface area contributed by atoms with Crippen LogP contribution < -0.4 is 10.6 Å². The lowest BCUT2D eigenvalue weighted by Crippen LogP contribution is -2.34. The highest BCUT2D eigenvalue weighted by atomic mass is 35.5. The summed E-state index contributed by atoms with van der Waals surface area (Å²) < 4.78 is 48.5. The molecule has 4 nitrogen and oxygen atoms in total. The number of fused-ring (bicyclic) bond motifs is 1. The summed E-state index contributed by atoms with van der Waals surface area (Å²) in [6.45, 7) is 1.05. The van der Waals surface area contributed by atoms with Gasteiger partial charge >= 0.3 is 6.18 Å². The molecule has 0 saturated carbocycles. The topological polar surface area (TPSA) is 45.6 Å². The number of anilines is 1. The summed E-state index contributed by atoms with van der Waals surface area (Å²) in [5, 5.41) is 6.45. The molecule has 0 bridgehead atoms. The number of methoxy groups -OCH3 is 1. The van der Waals surface area contributed by atoms with E-state index in [9.17, 15) is 13.2 Å². The molecule has 0 aliphatic carbocycles. The second-order valence-electron chi connectivity index (χ2n) is 5.45. The molecule has 0 amide bonds. The molecule has 9 heteroatoms. The molecule has 3 rings (SSSR count). The normalized spacial score (nSPS) is 13.7. The number of rotatable bonds is 4.